The van der Waals surface area contributed by atoms with Crippen LogP contribution in [0.2, 0.25) is 0 Å². The number of thiazole rings is 1. The molecule has 0 aliphatic rings. The van der Waals surface area contributed by atoms with E-state index in [0.29, 0.717) is 15.2 Å². The van der Waals surface area contributed by atoms with Gasteiger partial charge in [-0.05, 0) is 5.92 Å². The van der Waals surface area contributed by atoms with Crippen molar-refractivity contribution in [3.63, 3.8) is 0 Å². The van der Waals surface area contributed by atoms with E-state index in [4.69, 9.17) is 16.6 Å². The minimum atomic E-state index is -0.361. The molecule has 0 aromatic carbocycles. The number of rotatable bonds is 6. The summed E-state index contributed by atoms with van der Waals surface area (Å²) in [5, 5.41) is 12.2. The maximum Gasteiger partial charge on any atom is 0.273 e. The molecule has 1 aromatic rings. The molecule has 1 aromatic heterocycles. The zero-order valence-electron chi connectivity index (χ0n) is 10.3. The van der Waals surface area contributed by atoms with Crippen molar-refractivity contribution in [2.45, 2.75) is 24.2 Å². The Bertz CT molecular complexity index is 409. The van der Waals surface area contributed by atoms with Gasteiger partial charge in [0.1, 0.15) is 5.00 Å². The molecular formula is C10H18N4O2S2. The molecule has 1 amide bonds. The first kappa shape index (κ1) is 15.2. The molecule has 0 bridgehead atoms. The third kappa shape index (κ3) is 3.84. The van der Waals surface area contributed by atoms with Crippen LogP contribution in [0, 0.1) is 5.92 Å². The summed E-state index contributed by atoms with van der Waals surface area (Å²) < 4.78 is 0.672. The summed E-state index contributed by atoms with van der Waals surface area (Å²) in [5.74, 6) is 0.163. The van der Waals surface area contributed by atoms with Gasteiger partial charge in [0.05, 0.1) is 12.6 Å². The average molecular weight is 290 g/mol. The highest BCUT2D eigenvalue weighted by Crippen LogP contribution is 2.28. The maximum atomic E-state index is 12.0. The summed E-state index contributed by atoms with van der Waals surface area (Å²) in [6, 6.07) is -0.302. The van der Waals surface area contributed by atoms with Crippen molar-refractivity contribution in [1.82, 2.24) is 10.3 Å². The number of carbonyl (C=O) groups excluding carboxylic acids is 1. The van der Waals surface area contributed by atoms with E-state index in [2.05, 4.69) is 10.3 Å². The van der Waals surface area contributed by atoms with E-state index >= 15 is 0 Å². The van der Waals surface area contributed by atoms with Gasteiger partial charge in [-0.1, -0.05) is 36.9 Å². The highest BCUT2D eigenvalue weighted by Gasteiger charge is 2.21. The lowest BCUT2D eigenvalue weighted by Gasteiger charge is -2.19. The lowest BCUT2D eigenvalue weighted by atomic mass is 10.1. The first-order chi connectivity index (χ1) is 8.49. The topological polar surface area (TPSA) is 114 Å². The molecule has 0 saturated carbocycles. The summed E-state index contributed by atoms with van der Waals surface area (Å²) in [6.45, 7) is 3.72. The van der Waals surface area contributed by atoms with Crippen molar-refractivity contribution in [3.05, 3.63) is 5.69 Å². The third-order valence-corrected chi connectivity index (χ3v) is 4.16. The van der Waals surface area contributed by atoms with E-state index in [1.54, 1.807) is 0 Å². The Morgan fingerprint density at radius 1 is 1.61 bits per heavy atom. The monoisotopic (exact) mass is 290 g/mol. The van der Waals surface area contributed by atoms with Gasteiger partial charge >= 0.3 is 0 Å². The number of aromatic nitrogens is 1. The number of nitrogens with one attached hydrogen (secondary N) is 1. The molecule has 0 fully saturated rings. The maximum absolute atomic E-state index is 12.0. The number of anilines is 1. The Morgan fingerprint density at radius 3 is 2.78 bits per heavy atom. The zero-order valence-corrected chi connectivity index (χ0v) is 12.0. The number of hydrogen-bond donors (Lipinski definition) is 4. The molecule has 102 valence electrons. The number of aliphatic hydroxyl groups excluding tert-OH is 1. The Morgan fingerprint density at radius 2 is 2.28 bits per heavy atom. The molecule has 8 heteroatoms. The van der Waals surface area contributed by atoms with Gasteiger partial charge in [0, 0.05) is 5.88 Å². The number of nitrogens with two attached hydrogens (primary N) is 2. The number of aliphatic hydroxyl groups is 1. The molecule has 6 nitrogen and oxygen atoms in total. The molecular weight excluding hydrogens is 272 g/mol. The predicted molar refractivity (Wildman–Crippen MR) is 74.6 cm³/mol. The number of carbonyl (C=O) groups is 1. The van der Waals surface area contributed by atoms with Crippen LogP contribution in [0.4, 0.5) is 5.00 Å². The average Bonchev–Trinajstić information content (AvgIpc) is 2.67. The SMILES string of the molecule is CC(C)[C@H](CO)NC(=O)c1nc(SCN)sc1N. The Hall–Kier alpha value is -0.830. The second-order valence-electron chi connectivity index (χ2n) is 4.01. The predicted octanol–water partition coefficient (Wildman–Crippen LogP) is 0.480. The Labute approximate surface area is 114 Å². The van der Waals surface area contributed by atoms with E-state index in [1.807, 2.05) is 13.8 Å². The summed E-state index contributed by atoms with van der Waals surface area (Å²) >= 11 is 2.57. The first-order valence-corrected chi connectivity index (χ1v) is 7.30. The molecule has 1 atom stereocenters. The fraction of sp³-hybridized carbons (Fsp3) is 0.600. The van der Waals surface area contributed by atoms with E-state index in [1.165, 1.54) is 23.1 Å². The Kier molecular flexibility index (Phi) is 5.86. The van der Waals surface area contributed by atoms with Crippen LogP contribution in [-0.2, 0) is 0 Å². The molecule has 0 unspecified atom stereocenters. The lowest BCUT2D eigenvalue weighted by Crippen LogP contribution is -2.41. The smallest absolute Gasteiger partial charge is 0.273 e. The minimum absolute atomic E-state index is 0.113. The van der Waals surface area contributed by atoms with Gasteiger partial charge < -0.3 is 21.9 Å². The molecule has 1 rings (SSSR count). The van der Waals surface area contributed by atoms with Crippen LogP contribution in [0.3, 0.4) is 0 Å². The van der Waals surface area contributed by atoms with Crippen LogP contribution in [-0.4, -0.2) is 34.5 Å². The summed E-state index contributed by atoms with van der Waals surface area (Å²) in [6.07, 6.45) is 0. The molecule has 18 heavy (non-hydrogen) atoms. The van der Waals surface area contributed by atoms with Gasteiger partial charge in [0.15, 0.2) is 10.0 Å². The second-order valence-corrected chi connectivity index (χ2v) is 6.31. The molecule has 0 spiro atoms. The van der Waals surface area contributed by atoms with E-state index in [-0.39, 0.29) is 30.2 Å². The van der Waals surface area contributed by atoms with Gasteiger partial charge in [0.2, 0.25) is 0 Å². The van der Waals surface area contributed by atoms with Crippen molar-refractivity contribution < 1.29 is 9.90 Å². The molecule has 0 radical (unpaired) electrons. The highest BCUT2D eigenvalue weighted by molar-refractivity contribution is 8.01. The van der Waals surface area contributed by atoms with E-state index in [9.17, 15) is 4.79 Å². The van der Waals surface area contributed by atoms with Crippen LogP contribution < -0.4 is 16.8 Å². The standard InChI is InChI=1S/C10H18N4O2S2/c1-5(2)6(3-15)13-9(16)7-8(12)18-10(14-7)17-4-11/h5-6,15H,3-4,11-12H2,1-2H3,(H,13,16)/t6-/m0/s1. The van der Waals surface area contributed by atoms with Gasteiger partial charge in [-0.25, -0.2) is 4.98 Å². The molecule has 1 heterocycles. The van der Waals surface area contributed by atoms with E-state index in [0.717, 1.165) is 0 Å². The van der Waals surface area contributed by atoms with Crippen LogP contribution in [0.25, 0.3) is 0 Å². The largest absolute Gasteiger partial charge is 0.394 e. The van der Waals surface area contributed by atoms with Crippen molar-refractivity contribution in [1.29, 1.82) is 0 Å². The quantitative estimate of drug-likeness (QED) is 0.447. The number of thioether (sulfide) groups is 1. The molecule has 0 aliphatic heterocycles. The second kappa shape index (κ2) is 6.93. The van der Waals surface area contributed by atoms with Crippen LogP contribution in [0.15, 0.2) is 4.34 Å². The van der Waals surface area contributed by atoms with Crippen LogP contribution in [0.1, 0.15) is 24.3 Å². The molecule has 0 saturated heterocycles. The first-order valence-electron chi connectivity index (χ1n) is 5.50. The van der Waals surface area contributed by atoms with Gasteiger partial charge in [-0.3, -0.25) is 4.79 Å². The summed E-state index contributed by atoms with van der Waals surface area (Å²) in [7, 11) is 0. The number of nitrogen functional groups attached to an aromatic ring is 1. The van der Waals surface area contributed by atoms with Gasteiger partial charge in [0.25, 0.3) is 5.91 Å². The van der Waals surface area contributed by atoms with Crippen molar-refractivity contribution in [3.8, 4) is 0 Å². The fourth-order valence-corrected chi connectivity index (χ4v) is 2.83. The highest BCUT2D eigenvalue weighted by atomic mass is 32.2. The normalized spacial score (nSPS) is 12.7. The van der Waals surface area contributed by atoms with Crippen molar-refractivity contribution in [2.75, 3.05) is 18.2 Å². The Balaban J connectivity index is 2.77. The summed E-state index contributed by atoms with van der Waals surface area (Å²) in [5.41, 5.74) is 11.3. The fourth-order valence-electron chi connectivity index (χ4n) is 1.27. The zero-order chi connectivity index (χ0) is 13.7. The van der Waals surface area contributed by atoms with Crippen LogP contribution >= 0.6 is 23.1 Å². The number of amides is 1. The van der Waals surface area contributed by atoms with Gasteiger partial charge in [-0.15, -0.1) is 0 Å². The number of nitrogens with zero attached hydrogens (tertiary/aromatic N) is 1. The van der Waals surface area contributed by atoms with Gasteiger partial charge in [-0.2, -0.15) is 0 Å². The minimum Gasteiger partial charge on any atom is -0.394 e. The molecule has 6 N–H and O–H groups in total. The summed E-state index contributed by atoms with van der Waals surface area (Å²) in [4.78, 5) is 16.1. The van der Waals surface area contributed by atoms with E-state index < -0.39 is 0 Å². The lowest BCUT2D eigenvalue weighted by molar-refractivity contribution is 0.0893. The van der Waals surface area contributed by atoms with Crippen molar-refractivity contribution in [2.24, 2.45) is 11.7 Å². The van der Waals surface area contributed by atoms with Crippen molar-refractivity contribution >= 4 is 34.0 Å². The molecule has 0 aliphatic carbocycles. The number of hydrogen-bond acceptors (Lipinski definition) is 7. The third-order valence-electron chi connectivity index (χ3n) is 2.37. The van der Waals surface area contributed by atoms with Crippen LogP contribution in [0.5, 0.6) is 0 Å².